The molecule has 0 spiro atoms. The van der Waals surface area contributed by atoms with Crippen molar-refractivity contribution in [2.45, 2.75) is 26.9 Å². The molecule has 27 heavy (non-hydrogen) atoms. The van der Waals surface area contributed by atoms with Gasteiger partial charge in [0.05, 0.1) is 12.1 Å². The fourth-order valence-corrected chi connectivity index (χ4v) is 2.56. The van der Waals surface area contributed by atoms with E-state index in [1.54, 1.807) is 20.8 Å². The second-order valence-corrected chi connectivity index (χ2v) is 7.49. The molecule has 6 nitrogen and oxygen atoms in total. The first-order chi connectivity index (χ1) is 12.2. The van der Waals surface area contributed by atoms with Gasteiger partial charge in [0.15, 0.2) is 18.1 Å². The summed E-state index contributed by atoms with van der Waals surface area (Å²) >= 11 is 6.06. The molecular weight excluding hydrogens is 389 g/mol. The van der Waals surface area contributed by atoms with Crippen LogP contribution < -0.4 is 15.2 Å². The molecule has 0 aromatic heterocycles. The lowest BCUT2D eigenvalue weighted by Gasteiger charge is -2.31. The molecule has 10 heteroatoms. The van der Waals surface area contributed by atoms with Crippen molar-refractivity contribution in [2.75, 3.05) is 26.8 Å². The summed E-state index contributed by atoms with van der Waals surface area (Å²) in [6.07, 6.45) is -4.56. The Kier molecular flexibility index (Phi) is 7.36. The number of nitrogens with two attached hydrogens (primary N) is 1. The van der Waals surface area contributed by atoms with Crippen LogP contribution in [-0.4, -0.2) is 49.7 Å². The Labute approximate surface area is 160 Å². The van der Waals surface area contributed by atoms with E-state index in [2.05, 4.69) is 0 Å². The zero-order valence-corrected chi connectivity index (χ0v) is 16.2. The van der Waals surface area contributed by atoms with Gasteiger partial charge in [-0.25, -0.2) is 0 Å². The van der Waals surface area contributed by atoms with Crippen molar-refractivity contribution in [1.29, 1.82) is 0 Å². The molecule has 1 rings (SSSR count). The van der Waals surface area contributed by atoms with E-state index in [0.29, 0.717) is 4.90 Å². The zero-order chi connectivity index (χ0) is 21.0. The molecule has 0 bridgehead atoms. The standard InChI is InChI=1S/C17H22ClF3N2O4/c1-16(2,3)8-23(9-17(19,20)21)15(25)10-5-11(18)14(12(6-10)26-4)27-7-13(22)24/h5-6H,7-9H2,1-4H3,(H2,22,24). The molecular formula is C17H22ClF3N2O4. The average molecular weight is 411 g/mol. The summed E-state index contributed by atoms with van der Waals surface area (Å²) in [6.45, 7) is 3.16. The van der Waals surface area contributed by atoms with Crippen LogP contribution >= 0.6 is 11.6 Å². The van der Waals surface area contributed by atoms with E-state index in [0.717, 1.165) is 6.07 Å². The number of ether oxygens (including phenoxy) is 2. The molecule has 0 unspecified atom stereocenters. The van der Waals surface area contributed by atoms with Gasteiger partial charge >= 0.3 is 6.18 Å². The number of rotatable bonds is 7. The minimum absolute atomic E-state index is 0.00480. The van der Waals surface area contributed by atoms with Gasteiger partial charge < -0.3 is 20.1 Å². The van der Waals surface area contributed by atoms with Gasteiger partial charge in [0.25, 0.3) is 11.8 Å². The summed E-state index contributed by atoms with van der Waals surface area (Å²) in [5.41, 5.74) is 4.35. The van der Waals surface area contributed by atoms with E-state index in [1.165, 1.54) is 13.2 Å². The molecule has 2 N–H and O–H groups in total. The van der Waals surface area contributed by atoms with Crippen LogP contribution in [0.2, 0.25) is 5.02 Å². The van der Waals surface area contributed by atoms with Crippen LogP contribution in [0.25, 0.3) is 0 Å². The van der Waals surface area contributed by atoms with E-state index in [4.69, 9.17) is 26.8 Å². The minimum atomic E-state index is -4.56. The van der Waals surface area contributed by atoms with E-state index >= 15 is 0 Å². The molecule has 0 saturated carbocycles. The largest absolute Gasteiger partial charge is 0.493 e. The summed E-state index contributed by atoms with van der Waals surface area (Å²) in [5.74, 6) is -1.65. The summed E-state index contributed by atoms with van der Waals surface area (Å²) in [4.78, 5) is 24.3. The van der Waals surface area contributed by atoms with Gasteiger partial charge in [0.1, 0.15) is 6.54 Å². The molecule has 1 aromatic rings. The number of primary amides is 1. The number of alkyl halides is 3. The quantitative estimate of drug-likeness (QED) is 0.748. The van der Waals surface area contributed by atoms with Crippen molar-refractivity contribution in [1.82, 2.24) is 4.90 Å². The fraction of sp³-hybridized carbons (Fsp3) is 0.529. The van der Waals surface area contributed by atoms with Crippen LogP contribution in [0.3, 0.4) is 0 Å². The van der Waals surface area contributed by atoms with Crippen molar-refractivity contribution in [3.8, 4) is 11.5 Å². The highest BCUT2D eigenvalue weighted by Crippen LogP contribution is 2.37. The number of benzene rings is 1. The van der Waals surface area contributed by atoms with Crippen LogP contribution in [0.4, 0.5) is 13.2 Å². The van der Waals surface area contributed by atoms with Gasteiger partial charge in [-0.1, -0.05) is 32.4 Å². The molecule has 0 aliphatic rings. The second-order valence-electron chi connectivity index (χ2n) is 7.08. The summed E-state index contributed by atoms with van der Waals surface area (Å²) in [6, 6.07) is 2.37. The molecule has 0 radical (unpaired) electrons. The number of halogens is 4. The van der Waals surface area contributed by atoms with E-state index < -0.39 is 36.6 Å². The van der Waals surface area contributed by atoms with Gasteiger partial charge in [-0.15, -0.1) is 0 Å². The lowest BCUT2D eigenvalue weighted by atomic mass is 9.95. The van der Waals surface area contributed by atoms with Gasteiger partial charge in [-0.3, -0.25) is 9.59 Å². The Morgan fingerprint density at radius 3 is 2.22 bits per heavy atom. The highest BCUT2D eigenvalue weighted by Gasteiger charge is 2.35. The van der Waals surface area contributed by atoms with Crippen LogP contribution in [0.5, 0.6) is 11.5 Å². The molecule has 1 aromatic carbocycles. The van der Waals surface area contributed by atoms with Crippen molar-refractivity contribution in [3.63, 3.8) is 0 Å². The third kappa shape index (κ3) is 7.54. The molecule has 0 saturated heterocycles. The Hall–Kier alpha value is -2.16. The lowest BCUT2D eigenvalue weighted by molar-refractivity contribution is -0.142. The predicted octanol–water partition coefficient (Wildman–Crippen LogP) is 3.26. The number of hydrogen-bond donors (Lipinski definition) is 1. The predicted molar refractivity (Wildman–Crippen MR) is 94.1 cm³/mol. The lowest BCUT2D eigenvalue weighted by Crippen LogP contribution is -2.43. The first-order valence-corrected chi connectivity index (χ1v) is 8.26. The molecule has 0 fully saturated rings. The van der Waals surface area contributed by atoms with Crippen molar-refractivity contribution >= 4 is 23.4 Å². The van der Waals surface area contributed by atoms with Gasteiger partial charge in [-0.05, 0) is 17.5 Å². The van der Waals surface area contributed by atoms with Crippen LogP contribution in [0.1, 0.15) is 31.1 Å². The number of hydrogen-bond acceptors (Lipinski definition) is 4. The van der Waals surface area contributed by atoms with Crippen molar-refractivity contribution < 1.29 is 32.2 Å². The van der Waals surface area contributed by atoms with Crippen molar-refractivity contribution in [3.05, 3.63) is 22.7 Å². The topological polar surface area (TPSA) is 81.9 Å². The number of carbonyl (C=O) groups is 2. The summed E-state index contributed by atoms with van der Waals surface area (Å²) in [7, 11) is 1.26. The molecule has 0 atom stereocenters. The smallest absolute Gasteiger partial charge is 0.406 e. The Morgan fingerprint density at radius 1 is 1.19 bits per heavy atom. The first kappa shape index (κ1) is 22.9. The zero-order valence-electron chi connectivity index (χ0n) is 15.4. The Balaban J connectivity index is 3.25. The molecule has 0 aliphatic carbocycles. The van der Waals surface area contributed by atoms with E-state index in [-0.39, 0.29) is 28.6 Å². The number of methoxy groups -OCH3 is 1. The van der Waals surface area contributed by atoms with Gasteiger partial charge in [-0.2, -0.15) is 13.2 Å². The van der Waals surface area contributed by atoms with Gasteiger partial charge in [0, 0.05) is 12.1 Å². The normalized spacial score (nSPS) is 11.9. The SMILES string of the molecule is COc1cc(C(=O)N(CC(C)(C)C)CC(F)(F)F)cc(Cl)c1OCC(N)=O. The summed E-state index contributed by atoms with van der Waals surface area (Å²) in [5, 5.41) is -0.0957. The number of carbonyl (C=O) groups excluding carboxylic acids is 2. The highest BCUT2D eigenvalue weighted by atomic mass is 35.5. The maximum Gasteiger partial charge on any atom is 0.406 e. The van der Waals surface area contributed by atoms with Crippen LogP contribution in [-0.2, 0) is 4.79 Å². The molecule has 2 amide bonds. The number of amides is 2. The third-order valence-electron chi connectivity index (χ3n) is 3.16. The maximum atomic E-state index is 12.9. The van der Waals surface area contributed by atoms with E-state index in [9.17, 15) is 22.8 Å². The van der Waals surface area contributed by atoms with Crippen molar-refractivity contribution in [2.24, 2.45) is 11.1 Å². The summed E-state index contributed by atoms with van der Waals surface area (Å²) < 4.78 is 49.0. The fourth-order valence-electron chi connectivity index (χ4n) is 2.30. The van der Waals surface area contributed by atoms with Gasteiger partial charge in [0.2, 0.25) is 0 Å². The van der Waals surface area contributed by atoms with E-state index in [1.807, 2.05) is 0 Å². The first-order valence-electron chi connectivity index (χ1n) is 7.88. The highest BCUT2D eigenvalue weighted by molar-refractivity contribution is 6.32. The molecule has 0 heterocycles. The molecule has 0 aliphatic heterocycles. The average Bonchev–Trinajstić information content (AvgIpc) is 2.48. The van der Waals surface area contributed by atoms with Crippen LogP contribution in [0.15, 0.2) is 12.1 Å². The minimum Gasteiger partial charge on any atom is -0.493 e. The van der Waals surface area contributed by atoms with Crippen LogP contribution in [0, 0.1) is 5.41 Å². The molecule has 152 valence electrons. The second kappa shape index (κ2) is 8.69. The Morgan fingerprint density at radius 2 is 1.78 bits per heavy atom. The number of nitrogens with zero attached hydrogens (tertiary/aromatic N) is 1. The maximum absolute atomic E-state index is 12.9. The monoisotopic (exact) mass is 410 g/mol. The third-order valence-corrected chi connectivity index (χ3v) is 3.44. The Bertz CT molecular complexity index is 687.